The zero-order chi connectivity index (χ0) is 8.39. The van der Waals surface area contributed by atoms with E-state index in [-0.39, 0.29) is 12.4 Å². The van der Waals surface area contributed by atoms with Gasteiger partial charge in [0.2, 0.25) is 0 Å². The first-order chi connectivity index (χ1) is 5.86. The van der Waals surface area contributed by atoms with Gasteiger partial charge in [0.05, 0.1) is 0 Å². The summed E-state index contributed by atoms with van der Waals surface area (Å²) in [5.41, 5.74) is 7.10. The minimum absolute atomic E-state index is 0. The predicted molar refractivity (Wildman–Crippen MR) is 55.0 cm³/mol. The molecular formula is C9H16ClN3. The van der Waals surface area contributed by atoms with E-state index in [0.29, 0.717) is 12.0 Å². The van der Waals surface area contributed by atoms with Crippen LogP contribution in [-0.4, -0.2) is 16.2 Å². The second-order valence-corrected chi connectivity index (χ2v) is 3.62. The van der Waals surface area contributed by atoms with Crippen LogP contribution in [0, 0.1) is 0 Å². The second kappa shape index (κ2) is 4.63. The average molecular weight is 202 g/mol. The lowest BCUT2D eigenvalue weighted by molar-refractivity contribution is 0.390. The van der Waals surface area contributed by atoms with Crippen molar-refractivity contribution in [2.45, 2.75) is 37.6 Å². The minimum Gasteiger partial charge on any atom is -0.328 e. The average Bonchev–Trinajstić information content (AvgIpc) is 2.58. The monoisotopic (exact) mass is 201 g/mol. The zero-order valence-corrected chi connectivity index (χ0v) is 8.39. The molecule has 3 N–H and O–H groups in total. The summed E-state index contributed by atoms with van der Waals surface area (Å²) in [6.45, 7) is 0. The van der Waals surface area contributed by atoms with Crippen molar-refractivity contribution in [2.24, 2.45) is 5.73 Å². The molecule has 0 amide bonds. The maximum absolute atomic E-state index is 5.82. The molecule has 0 saturated heterocycles. The van der Waals surface area contributed by atoms with Crippen LogP contribution >= 0.6 is 12.4 Å². The van der Waals surface area contributed by atoms with E-state index in [1.165, 1.54) is 18.5 Å². The van der Waals surface area contributed by atoms with Gasteiger partial charge in [-0.15, -0.1) is 12.4 Å². The molecule has 1 aromatic rings. The zero-order valence-electron chi connectivity index (χ0n) is 7.57. The quantitative estimate of drug-likeness (QED) is 0.728. The number of aromatic amines is 1. The van der Waals surface area contributed by atoms with Gasteiger partial charge in [-0.05, 0) is 31.7 Å². The number of halogens is 1. The third kappa shape index (κ3) is 2.45. The van der Waals surface area contributed by atoms with Crippen molar-refractivity contribution in [3.63, 3.8) is 0 Å². The van der Waals surface area contributed by atoms with Gasteiger partial charge in [0.15, 0.2) is 0 Å². The molecule has 1 saturated carbocycles. The molecule has 4 heteroatoms. The fourth-order valence-electron chi connectivity index (χ4n) is 1.92. The van der Waals surface area contributed by atoms with Crippen LogP contribution < -0.4 is 5.73 Å². The lowest BCUT2D eigenvalue weighted by Gasteiger charge is -2.24. The van der Waals surface area contributed by atoms with E-state index in [4.69, 9.17) is 5.73 Å². The molecule has 1 aliphatic rings. The standard InChI is InChI=1S/C9H15N3.ClH/c10-8-3-1-7(2-4-8)9-5-6-11-12-9;/h5-8H,1-4,10H2,(H,11,12);1H. The highest BCUT2D eigenvalue weighted by molar-refractivity contribution is 5.85. The van der Waals surface area contributed by atoms with Crippen LogP contribution in [0.15, 0.2) is 12.3 Å². The number of hydrogen-bond donors (Lipinski definition) is 2. The largest absolute Gasteiger partial charge is 0.328 e. The molecule has 0 unspecified atom stereocenters. The molecule has 74 valence electrons. The Morgan fingerprint density at radius 1 is 1.31 bits per heavy atom. The van der Waals surface area contributed by atoms with Gasteiger partial charge in [-0.2, -0.15) is 5.10 Å². The molecule has 13 heavy (non-hydrogen) atoms. The van der Waals surface area contributed by atoms with Gasteiger partial charge in [-0.25, -0.2) is 0 Å². The number of hydrogen-bond acceptors (Lipinski definition) is 2. The summed E-state index contributed by atoms with van der Waals surface area (Å²) in [5, 5.41) is 6.99. The maximum Gasteiger partial charge on any atom is 0.0490 e. The van der Waals surface area contributed by atoms with Crippen molar-refractivity contribution in [2.75, 3.05) is 0 Å². The topological polar surface area (TPSA) is 54.7 Å². The van der Waals surface area contributed by atoms with E-state index >= 15 is 0 Å². The molecule has 0 bridgehead atoms. The number of nitrogens with two attached hydrogens (primary N) is 1. The molecule has 1 aromatic heterocycles. The van der Waals surface area contributed by atoms with E-state index in [2.05, 4.69) is 16.3 Å². The summed E-state index contributed by atoms with van der Waals surface area (Å²) in [5.74, 6) is 0.673. The molecule has 0 aliphatic heterocycles. The molecule has 3 nitrogen and oxygen atoms in total. The highest BCUT2D eigenvalue weighted by Gasteiger charge is 2.20. The van der Waals surface area contributed by atoms with E-state index in [1.807, 2.05) is 6.20 Å². The van der Waals surface area contributed by atoms with E-state index in [9.17, 15) is 0 Å². The van der Waals surface area contributed by atoms with Gasteiger partial charge in [-0.3, -0.25) is 5.10 Å². The molecule has 0 aromatic carbocycles. The van der Waals surface area contributed by atoms with Gasteiger partial charge in [-0.1, -0.05) is 0 Å². The summed E-state index contributed by atoms with van der Waals surface area (Å²) in [6.07, 6.45) is 6.56. The van der Waals surface area contributed by atoms with Crippen LogP contribution in [0.3, 0.4) is 0 Å². The van der Waals surface area contributed by atoms with Crippen molar-refractivity contribution >= 4 is 12.4 Å². The predicted octanol–water partition coefficient (Wildman–Crippen LogP) is 1.82. The Hall–Kier alpha value is -0.540. The molecular weight excluding hydrogens is 186 g/mol. The van der Waals surface area contributed by atoms with Crippen molar-refractivity contribution in [1.29, 1.82) is 0 Å². The summed E-state index contributed by atoms with van der Waals surface area (Å²) in [6, 6.07) is 2.51. The van der Waals surface area contributed by atoms with Crippen molar-refractivity contribution in [3.05, 3.63) is 18.0 Å². The van der Waals surface area contributed by atoms with E-state index < -0.39 is 0 Å². The first-order valence-corrected chi connectivity index (χ1v) is 4.61. The molecule has 0 spiro atoms. The highest BCUT2D eigenvalue weighted by atomic mass is 35.5. The fourth-order valence-corrected chi connectivity index (χ4v) is 1.92. The Labute approximate surface area is 84.5 Å². The minimum atomic E-state index is 0. The van der Waals surface area contributed by atoms with Crippen LogP contribution in [0.2, 0.25) is 0 Å². The van der Waals surface area contributed by atoms with E-state index in [0.717, 1.165) is 12.8 Å². The summed E-state index contributed by atoms with van der Waals surface area (Å²) >= 11 is 0. The Bertz CT molecular complexity index is 227. The number of rotatable bonds is 1. The lowest BCUT2D eigenvalue weighted by atomic mass is 9.85. The smallest absolute Gasteiger partial charge is 0.0490 e. The third-order valence-electron chi connectivity index (χ3n) is 2.73. The van der Waals surface area contributed by atoms with Gasteiger partial charge in [0.25, 0.3) is 0 Å². The van der Waals surface area contributed by atoms with Crippen LogP contribution in [0.25, 0.3) is 0 Å². The molecule has 1 fully saturated rings. The van der Waals surface area contributed by atoms with Gasteiger partial charge in [0.1, 0.15) is 0 Å². The third-order valence-corrected chi connectivity index (χ3v) is 2.73. The van der Waals surface area contributed by atoms with Crippen LogP contribution in [-0.2, 0) is 0 Å². The van der Waals surface area contributed by atoms with Crippen LogP contribution in [0.1, 0.15) is 37.3 Å². The maximum atomic E-state index is 5.82. The Balaban J connectivity index is 0.000000845. The normalized spacial score (nSPS) is 28.1. The highest BCUT2D eigenvalue weighted by Crippen LogP contribution is 2.30. The number of nitrogens with zero attached hydrogens (tertiary/aromatic N) is 1. The summed E-state index contributed by atoms with van der Waals surface area (Å²) < 4.78 is 0. The molecule has 2 rings (SSSR count). The first kappa shape index (κ1) is 10.5. The summed E-state index contributed by atoms with van der Waals surface area (Å²) in [4.78, 5) is 0. The fraction of sp³-hybridized carbons (Fsp3) is 0.667. The van der Waals surface area contributed by atoms with Crippen LogP contribution in [0.4, 0.5) is 0 Å². The molecule has 1 heterocycles. The number of H-pyrrole nitrogens is 1. The van der Waals surface area contributed by atoms with E-state index in [1.54, 1.807) is 0 Å². The molecule has 1 aliphatic carbocycles. The Morgan fingerprint density at radius 2 is 2.00 bits per heavy atom. The SMILES string of the molecule is Cl.NC1CCC(c2ccn[nH]2)CC1. The molecule has 0 atom stereocenters. The summed E-state index contributed by atoms with van der Waals surface area (Å²) in [7, 11) is 0. The second-order valence-electron chi connectivity index (χ2n) is 3.62. The number of nitrogens with one attached hydrogen (secondary N) is 1. The Morgan fingerprint density at radius 3 is 2.54 bits per heavy atom. The van der Waals surface area contributed by atoms with Crippen molar-refractivity contribution < 1.29 is 0 Å². The van der Waals surface area contributed by atoms with Gasteiger partial charge >= 0.3 is 0 Å². The number of aromatic nitrogens is 2. The first-order valence-electron chi connectivity index (χ1n) is 4.61. The van der Waals surface area contributed by atoms with Crippen molar-refractivity contribution in [1.82, 2.24) is 10.2 Å². The molecule has 0 radical (unpaired) electrons. The van der Waals surface area contributed by atoms with Gasteiger partial charge in [0, 0.05) is 23.9 Å². The Kier molecular flexibility index (Phi) is 3.75. The van der Waals surface area contributed by atoms with Gasteiger partial charge < -0.3 is 5.73 Å². The lowest BCUT2D eigenvalue weighted by Crippen LogP contribution is -2.25. The van der Waals surface area contributed by atoms with Crippen LogP contribution in [0.5, 0.6) is 0 Å². The van der Waals surface area contributed by atoms with Crippen molar-refractivity contribution in [3.8, 4) is 0 Å².